The molecule has 1 amide bonds. The molecule has 0 aliphatic carbocycles. The number of nitrogens with one attached hydrogen (secondary N) is 1. The average Bonchev–Trinajstić information content (AvgIpc) is 2.93. The van der Waals surface area contributed by atoms with Gasteiger partial charge in [-0.15, -0.1) is 11.3 Å². The van der Waals surface area contributed by atoms with E-state index in [0.29, 0.717) is 0 Å². The zero-order valence-corrected chi connectivity index (χ0v) is 15.6. The van der Waals surface area contributed by atoms with Gasteiger partial charge in [0.05, 0.1) is 10.2 Å². The van der Waals surface area contributed by atoms with Gasteiger partial charge in [-0.05, 0) is 56.7 Å². The van der Waals surface area contributed by atoms with E-state index in [-0.39, 0.29) is 17.4 Å². The first-order chi connectivity index (χ1) is 11.3. The Morgan fingerprint density at radius 1 is 1.38 bits per heavy atom. The Morgan fingerprint density at radius 2 is 2.08 bits per heavy atom. The third kappa shape index (κ3) is 4.08. The van der Waals surface area contributed by atoms with Crippen molar-refractivity contribution in [2.24, 2.45) is 0 Å². The van der Waals surface area contributed by atoms with E-state index in [1.54, 1.807) is 11.3 Å². The van der Waals surface area contributed by atoms with Crippen molar-refractivity contribution < 1.29 is 9.53 Å². The molecule has 3 rings (SSSR count). The summed E-state index contributed by atoms with van der Waals surface area (Å²) in [6.07, 6.45) is 1.33. The number of rotatable bonds is 2. The van der Waals surface area contributed by atoms with Crippen molar-refractivity contribution in [1.29, 1.82) is 0 Å². The smallest absolute Gasteiger partial charge is 0.407 e. The van der Waals surface area contributed by atoms with E-state index < -0.39 is 5.60 Å². The molecule has 0 atom stereocenters. The molecule has 1 aliphatic heterocycles. The van der Waals surface area contributed by atoms with E-state index in [1.165, 1.54) is 0 Å². The second kappa shape index (κ2) is 6.72. The van der Waals surface area contributed by atoms with Gasteiger partial charge in [0.25, 0.3) is 0 Å². The Morgan fingerprint density at radius 3 is 2.75 bits per heavy atom. The normalized spacial score (nSPS) is 16.4. The lowest BCUT2D eigenvalue weighted by Gasteiger charge is -2.33. The molecule has 2 aromatic rings. The summed E-state index contributed by atoms with van der Waals surface area (Å²) >= 11 is 7.66. The summed E-state index contributed by atoms with van der Waals surface area (Å²) in [5, 5.41) is 5.21. The van der Waals surface area contributed by atoms with Gasteiger partial charge in [0.1, 0.15) is 5.60 Å². The topological polar surface area (TPSA) is 67.3 Å². The molecular formula is C16H21ClN4O2S. The minimum Gasteiger partial charge on any atom is -0.444 e. The third-order valence-corrected chi connectivity index (χ3v) is 4.84. The van der Waals surface area contributed by atoms with Crippen LogP contribution in [0.2, 0.25) is 5.28 Å². The molecule has 24 heavy (non-hydrogen) atoms. The number of hydrogen-bond donors (Lipinski definition) is 1. The average molecular weight is 369 g/mol. The van der Waals surface area contributed by atoms with Crippen LogP contribution in [0, 0.1) is 0 Å². The fourth-order valence-corrected chi connectivity index (χ4v) is 3.76. The zero-order valence-electron chi connectivity index (χ0n) is 14.0. The van der Waals surface area contributed by atoms with Crippen molar-refractivity contribution in [3.05, 3.63) is 16.7 Å². The van der Waals surface area contributed by atoms with Crippen molar-refractivity contribution in [1.82, 2.24) is 15.3 Å². The third-order valence-electron chi connectivity index (χ3n) is 3.77. The molecule has 1 saturated heterocycles. The summed E-state index contributed by atoms with van der Waals surface area (Å²) in [5.41, 5.74) is 0.400. The van der Waals surface area contributed by atoms with E-state index >= 15 is 0 Å². The molecule has 6 nitrogen and oxygen atoms in total. The van der Waals surface area contributed by atoms with E-state index in [2.05, 4.69) is 20.2 Å². The number of aromatic nitrogens is 2. The van der Waals surface area contributed by atoms with Crippen LogP contribution in [0.3, 0.4) is 0 Å². The Labute approximate surface area is 150 Å². The molecule has 0 radical (unpaired) electrons. The lowest BCUT2D eigenvalue weighted by atomic mass is 10.1. The highest BCUT2D eigenvalue weighted by Crippen LogP contribution is 2.31. The number of alkyl carbamates (subject to hydrolysis) is 1. The first-order valence-electron chi connectivity index (χ1n) is 7.97. The minimum absolute atomic E-state index is 0.118. The molecule has 0 spiro atoms. The Hall–Kier alpha value is -1.60. The minimum atomic E-state index is -0.479. The predicted molar refractivity (Wildman–Crippen MR) is 97.0 cm³/mol. The number of halogens is 1. The fourth-order valence-electron chi connectivity index (χ4n) is 2.74. The highest BCUT2D eigenvalue weighted by atomic mass is 35.5. The highest BCUT2D eigenvalue weighted by molar-refractivity contribution is 7.17. The Balaban J connectivity index is 1.62. The van der Waals surface area contributed by atoms with Gasteiger partial charge in [-0.1, -0.05) is 0 Å². The molecular weight excluding hydrogens is 348 g/mol. The molecule has 8 heteroatoms. The molecule has 1 aliphatic rings. The van der Waals surface area contributed by atoms with Crippen LogP contribution in [0.5, 0.6) is 0 Å². The van der Waals surface area contributed by atoms with Crippen LogP contribution in [-0.4, -0.2) is 40.8 Å². The summed E-state index contributed by atoms with van der Waals surface area (Å²) in [6, 6.07) is 2.07. The summed E-state index contributed by atoms with van der Waals surface area (Å²) in [5.74, 6) is 0.885. The van der Waals surface area contributed by atoms with Gasteiger partial charge in [-0.3, -0.25) is 0 Å². The lowest BCUT2D eigenvalue weighted by Crippen LogP contribution is -2.46. The van der Waals surface area contributed by atoms with Gasteiger partial charge in [0.2, 0.25) is 5.28 Å². The molecule has 130 valence electrons. The van der Waals surface area contributed by atoms with Crippen LogP contribution in [0.15, 0.2) is 11.4 Å². The predicted octanol–water partition coefficient (Wildman–Crippen LogP) is 3.84. The molecule has 1 fully saturated rings. The molecule has 0 bridgehead atoms. The molecule has 0 saturated carbocycles. The standard InChI is InChI=1S/C16H21ClN4O2S/c1-16(2,3)23-15(22)18-10-4-7-21(8-5-10)13-12-11(6-9-24-12)19-14(17)20-13/h6,9-10H,4-5,7-8H2,1-3H3,(H,18,22). The second-order valence-corrected chi connectivity index (χ2v) is 8.11. The number of piperidine rings is 1. The first-order valence-corrected chi connectivity index (χ1v) is 9.23. The van der Waals surface area contributed by atoms with Crippen molar-refractivity contribution in [2.45, 2.75) is 45.3 Å². The van der Waals surface area contributed by atoms with Gasteiger partial charge in [0, 0.05) is 19.1 Å². The lowest BCUT2D eigenvalue weighted by molar-refractivity contribution is 0.0497. The van der Waals surface area contributed by atoms with E-state index in [4.69, 9.17) is 16.3 Å². The van der Waals surface area contributed by atoms with Crippen LogP contribution >= 0.6 is 22.9 Å². The Bertz CT molecular complexity index is 735. The maximum atomic E-state index is 11.9. The van der Waals surface area contributed by atoms with Crippen LogP contribution in [0.1, 0.15) is 33.6 Å². The summed E-state index contributed by atoms with van der Waals surface area (Å²) in [4.78, 5) is 22.7. The number of thiophene rings is 1. The number of anilines is 1. The highest BCUT2D eigenvalue weighted by Gasteiger charge is 2.25. The summed E-state index contributed by atoms with van der Waals surface area (Å²) < 4.78 is 6.37. The van der Waals surface area contributed by atoms with E-state index in [0.717, 1.165) is 42.0 Å². The first kappa shape index (κ1) is 17.2. The summed E-state index contributed by atoms with van der Waals surface area (Å²) in [7, 11) is 0. The number of nitrogens with zero attached hydrogens (tertiary/aromatic N) is 3. The van der Waals surface area contributed by atoms with Crippen LogP contribution in [-0.2, 0) is 4.74 Å². The van der Waals surface area contributed by atoms with E-state index in [9.17, 15) is 4.79 Å². The van der Waals surface area contributed by atoms with Crippen molar-refractivity contribution in [3.63, 3.8) is 0 Å². The fraction of sp³-hybridized carbons (Fsp3) is 0.562. The van der Waals surface area contributed by atoms with Crippen LogP contribution in [0.25, 0.3) is 10.2 Å². The van der Waals surface area contributed by atoms with E-state index in [1.807, 2.05) is 32.2 Å². The van der Waals surface area contributed by atoms with Gasteiger partial charge in [-0.2, -0.15) is 4.98 Å². The number of hydrogen-bond acceptors (Lipinski definition) is 6. The SMILES string of the molecule is CC(C)(C)OC(=O)NC1CCN(c2nc(Cl)nc3ccsc23)CC1. The molecule has 3 heterocycles. The van der Waals surface area contributed by atoms with Crippen LogP contribution in [0.4, 0.5) is 10.6 Å². The number of ether oxygens (including phenoxy) is 1. The molecule has 0 aromatic carbocycles. The number of amides is 1. The van der Waals surface area contributed by atoms with Crippen LogP contribution < -0.4 is 10.2 Å². The van der Waals surface area contributed by atoms with Gasteiger partial charge in [0.15, 0.2) is 5.82 Å². The van der Waals surface area contributed by atoms with Gasteiger partial charge >= 0.3 is 6.09 Å². The molecule has 1 N–H and O–H groups in total. The van der Waals surface area contributed by atoms with Crippen molar-refractivity contribution in [3.8, 4) is 0 Å². The number of carbonyl (C=O) groups excluding carboxylic acids is 1. The Kier molecular flexibility index (Phi) is 4.83. The van der Waals surface area contributed by atoms with Gasteiger partial charge in [-0.25, -0.2) is 9.78 Å². The second-order valence-electron chi connectivity index (χ2n) is 6.86. The quantitative estimate of drug-likeness (QED) is 0.816. The van der Waals surface area contributed by atoms with Crippen molar-refractivity contribution >= 4 is 45.1 Å². The summed E-state index contributed by atoms with van der Waals surface area (Å²) in [6.45, 7) is 7.20. The van der Waals surface area contributed by atoms with Crippen molar-refractivity contribution in [2.75, 3.05) is 18.0 Å². The number of carbonyl (C=O) groups is 1. The monoisotopic (exact) mass is 368 g/mol. The molecule has 0 unspecified atom stereocenters. The zero-order chi connectivity index (χ0) is 17.3. The number of fused-ring (bicyclic) bond motifs is 1. The van der Waals surface area contributed by atoms with Gasteiger partial charge < -0.3 is 15.0 Å². The maximum Gasteiger partial charge on any atom is 0.407 e. The maximum absolute atomic E-state index is 11.9. The largest absolute Gasteiger partial charge is 0.444 e. The molecule has 2 aromatic heterocycles.